The minimum atomic E-state index is 0.134. The highest BCUT2D eigenvalue weighted by molar-refractivity contribution is 5.05. The molecule has 0 heterocycles. The predicted octanol–water partition coefficient (Wildman–Crippen LogP) is 1.91. The topological polar surface area (TPSA) is 46.2 Å². The molecule has 0 radical (unpaired) electrons. The van der Waals surface area contributed by atoms with Gasteiger partial charge in [-0.25, -0.2) is 0 Å². The Morgan fingerprint density at radius 3 is 2.21 bits per heavy atom. The predicted molar refractivity (Wildman–Crippen MR) is 57.9 cm³/mol. The molecule has 0 bridgehead atoms. The standard InChI is InChI=1S/C12H23NO/c13-8-12(9-14)7-11(12)10-5-3-1-2-4-6-10/h10-11,14H,1-9,13H2. The Kier molecular flexibility index (Phi) is 3.13. The zero-order valence-corrected chi connectivity index (χ0v) is 9.04. The molecule has 2 fully saturated rings. The first-order valence-electron chi connectivity index (χ1n) is 6.13. The van der Waals surface area contributed by atoms with Gasteiger partial charge in [0.05, 0.1) is 6.61 Å². The number of aliphatic hydroxyl groups excluding tert-OH is 1. The van der Waals surface area contributed by atoms with Gasteiger partial charge in [0.15, 0.2) is 0 Å². The monoisotopic (exact) mass is 197 g/mol. The number of aliphatic hydroxyl groups is 1. The van der Waals surface area contributed by atoms with Crippen molar-refractivity contribution in [1.82, 2.24) is 0 Å². The van der Waals surface area contributed by atoms with Crippen molar-refractivity contribution in [2.75, 3.05) is 13.2 Å². The van der Waals surface area contributed by atoms with Crippen molar-refractivity contribution in [1.29, 1.82) is 0 Å². The molecule has 3 N–H and O–H groups in total. The van der Waals surface area contributed by atoms with Crippen molar-refractivity contribution in [3.63, 3.8) is 0 Å². The first kappa shape index (κ1) is 10.4. The van der Waals surface area contributed by atoms with Crippen LogP contribution in [-0.4, -0.2) is 18.3 Å². The summed E-state index contributed by atoms with van der Waals surface area (Å²) in [5, 5.41) is 9.35. The highest BCUT2D eigenvalue weighted by Gasteiger charge is 2.55. The minimum Gasteiger partial charge on any atom is -0.396 e. The number of rotatable bonds is 3. The Bertz CT molecular complexity index is 178. The zero-order chi connectivity index (χ0) is 10.0. The molecule has 2 aliphatic carbocycles. The molecule has 0 aromatic carbocycles. The second-order valence-corrected chi connectivity index (χ2v) is 5.29. The van der Waals surface area contributed by atoms with E-state index in [9.17, 15) is 5.11 Å². The SMILES string of the molecule is NCC1(CO)CC1C1CCCCCC1. The summed E-state index contributed by atoms with van der Waals surface area (Å²) in [6, 6.07) is 0. The van der Waals surface area contributed by atoms with Crippen LogP contribution in [0.15, 0.2) is 0 Å². The van der Waals surface area contributed by atoms with E-state index in [1.165, 1.54) is 44.9 Å². The van der Waals surface area contributed by atoms with Crippen LogP contribution in [-0.2, 0) is 0 Å². The largest absolute Gasteiger partial charge is 0.396 e. The quantitative estimate of drug-likeness (QED) is 0.679. The van der Waals surface area contributed by atoms with E-state index >= 15 is 0 Å². The summed E-state index contributed by atoms with van der Waals surface area (Å²) in [5.41, 5.74) is 5.89. The molecule has 2 atom stereocenters. The lowest BCUT2D eigenvalue weighted by Gasteiger charge is -2.18. The summed E-state index contributed by atoms with van der Waals surface area (Å²) < 4.78 is 0. The van der Waals surface area contributed by atoms with Gasteiger partial charge >= 0.3 is 0 Å². The van der Waals surface area contributed by atoms with Gasteiger partial charge in [0.25, 0.3) is 0 Å². The van der Waals surface area contributed by atoms with E-state index in [0.717, 1.165) is 11.8 Å². The lowest BCUT2D eigenvalue weighted by molar-refractivity contribution is 0.185. The van der Waals surface area contributed by atoms with Gasteiger partial charge < -0.3 is 10.8 Å². The summed E-state index contributed by atoms with van der Waals surface area (Å²) in [7, 11) is 0. The summed E-state index contributed by atoms with van der Waals surface area (Å²) in [5.74, 6) is 1.61. The Balaban J connectivity index is 1.90. The van der Waals surface area contributed by atoms with E-state index in [2.05, 4.69) is 0 Å². The molecular weight excluding hydrogens is 174 g/mol. The Hall–Kier alpha value is -0.0800. The summed E-state index contributed by atoms with van der Waals surface area (Å²) >= 11 is 0. The maximum absolute atomic E-state index is 9.35. The average Bonchev–Trinajstić information content (AvgIpc) is 2.99. The molecule has 2 rings (SSSR count). The Labute approximate surface area is 86.9 Å². The third kappa shape index (κ3) is 1.82. The molecule has 82 valence electrons. The van der Waals surface area contributed by atoms with Crippen molar-refractivity contribution in [3.8, 4) is 0 Å². The molecule has 0 spiro atoms. The summed E-state index contributed by atoms with van der Waals surface area (Å²) in [6.45, 7) is 0.995. The highest BCUT2D eigenvalue weighted by atomic mass is 16.3. The molecule has 2 aliphatic rings. The second-order valence-electron chi connectivity index (χ2n) is 5.29. The maximum atomic E-state index is 9.35. The van der Waals surface area contributed by atoms with Crippen LogP contribution < -0.4 is 5.73 Å². The van der Waals surface area contributed by atoms with E-state index in [-0.39, 0.29) is 5.41 Å². The van der Waals surface area contributed by atoms with Crippen molar-refractivity contribution in [3.05, 3.63) is 0 Å². The van der Waals surface area contributed by atoms with Gasteiger partial charge in [-0.15, -0.1) is 0 Å². The molecule has 0 amide bonds. The lowest BCUT2D eigenvalue weighted by atomic mass is 9.89. The second kappa shape index (κ2) is 4.19. The van der Waals surface area contributed by atoms with Crippen molar-refractivity contribution in [2.24, 2.45) is 23.0 Å². The number of hydrogen-bond acceptors (Lipinski definition) is 2. The van der Waals surface area contributed by atoms with Crippen LogP contribution >= 0.6 is 0 Å². The normalized spacial score (nSPS) is 39.4. The molecule has 0 aromatic rings. The zero-order valence-electron chi connectivity index (χ0n) is 9.04. The van der Waals surface area contributed by atoms with Crippen LogP contribution in [0, 0.1) is 17.3 Å². The smallest absolute Gasteiger partial charge is 0.0502 e. The molecule has 2 heteroatoms. The fraction of sp³-hybridized carbons (Fsp3) is 1.00. The third-order valence-electron chi connectivity index (χ3n) is 4.44. The summed E-state index contributed by atoms with van der Waals surface area (Å²) in [6.07, 6.45) is 9.57. The molecule has 2 saturated carbocycles. The van der Waals surface area contributed by atoms with E-state index in [0.29, 0.717) is 13.2 Å². The third-order valence-corrected chi connectivity index (χ3v) is 4.44. The van der Waals surface area contributed by atoms with Crippen molar-refractivity contribution in [2.45, 2.75) is 44.9 Å². The van der Waals surface area contributed by atoms with E-state index < -0.39 is 0 Å². The Morgan fingerprint density at radius 2 is 1.79 bits per heavy atom. The molecule has 2 unspecified atom stereocenters. The van der Waals surface area contributed by atoms with E-state index in [4.69, 9.17) is 5.73 Å². The van der Waals surface area contributed by atoms with Gasteiger partial charge in [-0.1, -0.05) is 38.5 Å². The van der Waals surface area contributed by atoms with Crippen LogP contribution in [0.4, 0.5) is 0 Å². The summed E-state index contributed by atoms with van der Waals surface area (Å²) in [4.78, 5) is 0. The Morgan fingerprint density at radius 1 is 1.14 bits per heavy atom. The minimum absolute atomic E-state index is 0.134. The lowest BCUT2D eigenvalue weighted by Crippen LogP contribution is -2.24. The van der Waals surface area contributed by atoms with E-state index in [1.807, 2.05) is 0 Å². The molecular formula is C12H23NO. The first-order chi connectivity index (χ1) is 6.82. The van der Waals surface area contributed by atoms with Crippen molar-refractivity contribution < 1.29 is 5.11 Å². The fourth-order valence-corrected chi connectivity index (χ4v) is 3.24. The van der Waals surface area contributed by atoms with Gasteiger partial charge in [-0.3, -0.25) is 0 Å². The van der Waals surface area contributed by atoms with Crippen LogP contribution in [0.3, 0.4) is 0 Å². The first-order valence-corrected chi connectivity index (χ1v) is 6.13. The van der Waals surface area contributed by atoms with Crippen LogP contribution in [0.25, 0.3) is 0 Å². The molecule has 14 heavy (non-hydrogen) atoms. The fourth-order valence-electron chi connectivity index (χ4n) is 3.24. The van der Waals surface area contributed by atoms with Gasteiger partial charge in [0.2, 0.25) is 0 Å². The van der Waals surface area contributed by atoms with Gasteiger partial charge in [0.1, 0.15) is 0 Å². The number of nitrogens with two attached hydrogens (primary N) is 1. The van der Waals surface area contributed by atoms with Crippen molar-refractivity contribution >= 4 is 0 Å². The van der Waals surface area contributed by atoms with Gasteiger partial charge in [0, 0.05) is 12.0 Å². The highest BCUT2D eigenvalue weighted by Crippen LogP contribution is 2.58. The maximum Gasteiger partial charge on any atom is 0.0502 e. The molecule has 0 aliphatic heterocycles. The number of hydrogen-bond donors (Lipinski definition) is 2. The molecule has 0 aromatic heterocycles. The van der Waals surface area contributed by atoms with Gasteiger partial charge in [-0.05, 0) is 18.3 Å². The van der Waals surface area contributed by atoms with Crippen LogP contribution in [0.2, 0.25) is 0 Å². The van der Waals surface area contributed by atoms with Gasteiger partial charge in [-0.2, -0.15) is 0 Å². The average molecular weight is 197 g/mol. The van der Waals surface area contributed by atoms with Crippen LogP contribution in [0.5, 0.6) is 0 Å². The van der Waals surface area contributed by atoms with Crippen LogP contribution in [0.1, 0.15) is 44.9 Å². The van der Waals surface area contributed by atoms with E-state index in [1.54, 1.807) is 0 Å². The molecule has 2 nitrogen and oxygen atoms in total. The molecule has 0 saturated heterocycles.